The third-order valence-corrected chi connectivity index (χ3v) is 3.46. The summed E-state index contributed by atoms with van der Waals surface area (Å²) in [6.45, 7) is 2.04. The van der Waals surface area contributed by atoms with E-state index in [1.807, 2.05) is 0 Å². The molecule has 6 heteroatoms. The van der Waals surface area contributed by atoms with Crippen molar-refractivity contribution in [1.82, 2.24) is 4.98 Å². The lowest BCUT2D eigenvalue weighted by molar-refractivity contribution is -0.0221. The molecular formula is C11H12BrF3N2. The van der Waals surface area contributed by atoms with Crippen LogP contribution in [-0.4, -0.2) is 24.0 Å². The molecule has 0 unspecified atom stereocenters. The molecule has 1 saturated heterocycles. The van der Waals surface area contributed by atoms with Crippen molar-refractivity contribution in [2.24, 2.45) is 0 Å². The van der Waals surface area contributed by atoms with E-state index in [1.54, 1.807) is 11.8 Å². The first kappa shape index (κ1) is 12.7. The first-order valence-electron chi connectivity index (χ1n) is 5.34. The first-order valence-corrected chi connectivity index (χ1v) is 6.14. The van der Waals surface area contributed by atoms with E-state index in [0.717, 1.165) is 0 Å². The third kappa shape index (κ3) is 2.73. The van der Waals surface area contributed by atoms with E-state index in [1.165, 1.54) is 6.07 Å². The lowest BCUT2D eigenvalue weighted by Gasteiger charge is -2.33. The van der Waals surface area contributed by atoms with Crippen LogP contribution in [0.3, 0.4) is 0 Å². The molecule has 1 aromatic rings. The van der Waals surface area contributed by atoms with Crippen molar-refractivity contribution in [1.29, 1.82) is 0 Å². The van der Waals surface area contributed by atoms with Gasteiger partial charge in [0.1, 0.15) is 11.6 Å². The number of anilines is 1. The number of alkyl halides is 2. The quantitative estimate of drug-likeness (QED) is 0.789. The minimum Gasteiger partial charge on any atom is -0.355 e. The molecule has 94 valence electrons. The Hall–Kier alpha value is -0.780. The van der Waals surface area contributed by atoms with Gasteiger partial charge in [-0.15, -0.1) is 0 Å². The molecule has 17 heavy (non-hydrogen) atoms. The number of piperidine rings is 1. The van der Waals surface area contributed by atoms with Gasteiger partial charge in [-0.3, -0.25) is 0 Å². The highest BCUT2D eigenvalue weighted by Gasteiger charge is 2.34. The zero-order valence-electron chi connectivity index (χ0n) is 9.31. The van der Waals surface area contributed by atoms with Crippen LogP contribution in [0.15, 0.2) is 10.5 Å². The topological polar surface area (TPSA) is 16.1 Å². The highest BCUT2D eigenvalue weighted by atomic mass is 79.9. The molecule has 0 spiro atoms. The molecular weight excluding hydrogens is 297 g/mol. The van der Waals surface area contributed by atoms with Gasteiger partial charge in [0, 0.05) is 25.9 Å². The smallest absolute Gasteiger partial charge is 0.251 e. The summed E-state index contributed by atoms with van der Waals surface area (Å²) in [6, 6.07) is 1.32. The van der Waals surface area contributed by atoms with Gasteiger partial charge in [0.2, 0.25) is 0 Å². The molecule has 0 atom stereocenters. The van der Waals surface area contributed by atoms with Crippen LogP contribution in [0.2, 0.25) is 0 Å². The van der Waals surface area contributed by atoms with E-state index in [2.05, 4.69) is 20.9 Å². The molecule has 2 rings (SSSR count). The fourth-order valence-corrected chi connectivity index (χ4v) is 2.35. The molecule has 1 aliphatic rings. The maximum atomic E-state index is 13.2. The highest BCUT2D eigenvalue weighted by Crippen LogP contribution is 2.33. The molecule has 0 radical (unpaired) electrons. The maximum absolute atomic E-state index is 13.2. The Morgan fingerprint density at radius 3 is 2.53 bits per heavy atom. The average molecular weight is 309 g/mol. The summed E-state index contributed by atoms with van der Waals surface area (Å²) in [5.41, 5.74) is 0.278. The van der Waals surface area contributed by atoms with E-state index in [-0.39, 0.29) is 31.6 Å². The predicted molar refractivity (Wildman–Crippen MR) is 63.0 cm³/mol. The van der Waals surface area contributed by atoms with E-state index >= 15 is 0 Å². The standard InChI is InChI=1S/C11H12BrF3N2/c1-7-9(13)6-8(12)10(16-7)17-4-2-11(14,15)3-5-17/h6H,2-5H2,1H3. The fourth-order valence-electron chi connectivity index (χ4n) is 1.81. The zero-order valence-corrected chi connectivity index (χ0v) is 10.9. The van der Waals surface area contributed by atoms with Gasteiger partial charge in [-0.25, -0.2) is 18.2 Å². The van der Waals surface area contributed by atoms with Crippen LogP contribution >= 0.6 is 15.9 Å². The molecule has 0 amide bonds. The fraction of sp³-hybridized carbons (Fsp3) is 0.545. The van der Waals surface area contributed by atoms with Crippen molar-refractivity contribution in [2.75, 3.05) is 18.0 Å². The monoisotopic (exact) mass is 308 g/mol. The molecule has 1 fully saturated rings. The Labute approximate surface area is 106 Å². The van der Waals surface area contributed by atoms with Crippen LogP contribution in [0.25, 0.3) is 0 Å². The summed E-state index contributed by atoms with van der Waals surface area (Å²) >= 11 is 3.21. The van der Waals surface area contributed by atoms with Crippen molar-refractivity contribution < 1.29 is 13.2 Å². The van der Waals surface area contributed by atoms with Gasteiger partial charge in [-0.1, -0.05) is 0 Å². The number of nitrogens with zero attached hydrogens (tertiary/aromatic N) is 2. The van der Waals surface area contributed by atoms with Crippen LogP contribution in [0.4, 0.5) is 19.0 Å². The number of aryl methyl sites for hydroxylation is 1. The van der Waals surface area contributed by atoms with Gasteiger partial charge in [0.15, 0.2) is 0 Å². The first-order chi connectivity index (χ1) is 7.89. The largest absolute Gasteiger partial charge is 0.355 e. The summed E-state index contributed by atoms with van der Waals surface area (Å²) in [7, 11) is 0. The van der Waals surface area contributed by atoms with Gasteiger partial charge in [-0.05, 0) is 28.9 Å². The molecule has 1 aliphatic heterocycles. The summed E-state index contributed by atoms with van der Waals surface area (Å²) in [5, 5.41) is 0. The molecule has 2 nitrogen and oxygen atoms in total. The van der Waals surface area contributed by atoms with Gasteiger partial charge < -0.3 is 4.90 Å². The van der Waals surface area contributed by atoms with Gasteiger partial charge in [0.05, 0.1) is 10.2 Å². The van der Waals surface area contributed by atoms with Crippen molar-refractivity contribution in [2.45, 2.75) is 25.7 Å². The van der Waals surface area contributed by atoms with Crippen LogP contribution in [-0.2, 0) is 0 Å². The lowest BCUT2D eigenvalue weighted by atomic mass is 10.1. The van der Waals surface area contributed by atoms with Gasteiger partial charge in [-0.2, -0.15) is 0 Å². The number of pyridine rings is 1. The predicted octanol–water partition coefficient (Wildman–Crippen LogP) is 3.53. The second-order valence-electron chi connectivity index (χ2n) is 4.20. The molecule has 0 N–H and O–H groups in total. The number of aromatic nitrogens is 1. The summed E-state index contributed by atoms with van der Waals surface area (Å²) < 4.78 is 39.8. The van der Waals surface area contributed by atoms with Gasteiger partial charge in [0.25, 0.3) is 5.92 Å². The Morgan fingerprint density at radius 1 is 1.35 bits per heavy atom. The SMILES string of the molecule is Cc1nc(N2CCC(F)(F)CC2)c(Br)cc1F. The number of hydrogen-bond acceptors (Lipinski definition) is 2. The summed E-state index contributed by atoms with van der Waals surface area (Å²) in [6.07, 6.45) is -0.366. The van der Waals surface area contributed by atoms with Crippen LogP contribution in [0, 0.1) is 12.7 Å². The molecule has 0 aliphatic carbocycles. The van der Waals surface area contributed by atoms with E-state index in [9.17, 15) is 13.2 Å². The number of rotatable bonds is 1. The molecule has 0 saturated carbocycles. The minimum absolute atomic E-state index is 0.183. The Balaban J connectivity index is 2.21. The third-order valence-electron chi connectivity index (χ3n) is 2.88. The molecule has 1 aromatic heterocycles. The Morgan fingerprint density at radius 2 is 1.94 bits per heavy atom. The zero-order chi connectivity index (χ0) is 12.6. The second kappa shape index (κ2) is 4.48. The second-order valence-corrected chi connectivity index (χ2v) is 5.06. The average Bonchev–Trinajstić information content (AvgIpc) is 2.24. The number of halogens is 4. The lowest BCUT2D eigenvalue weighted by Crippen LogP contribution is -2.40. The Bertz CT molecular complexity index is 427. The number of hydrogen-bond donors (Lipinski definition) is 0. The highest BCUT2D eigenvalue weighted by molar-refractivity contribution is 9.10. The van der Waals surface area contributed by atoms with E-state index < -0.39 is 11.7 Å². The van der Waals surface area contributed by atoms with Crippen molar-refractivity contribution in [3.63, 3.8) is 0 Å². The normalized spacial score (nSPS) is 19.5. The molecule has 0 bridgehead atoms. The molecule has 0 aromatic carbocycles. The van der Waals surface area contributed by atoms with Crippen molar-refractivity contribution in [3.05, 3.63) is 22.1 Å². The van der Waals surface area contributed by atoms with Crippen LogP contribution in [0.1, 0.15) is 18.5 Å². The van der Waals surface area contributed by atoms with Crippen molar-refractivity contribution >= 4 is 21.7 Å². The minimum atomic E-state index is -2.59. The van der Waals surface area contributed by atoms with E-state index in [4.69, 9.17) is 0 Å². The van der Waals surface area contributed by atoms with E-state index in [0.29, 0.717) is 10.3 Å². The summed E-state index contributed by atoms with van der Waals surface area (Å²) in [5.74, 6) is -2.44. The summed E-state index contributed by atoms with van der Waals surface area (Å²) in [4.78, 5) is 5.86. The molecule has 2 heterocycles. The van der Waals surface area contributed by atoms with Crippen LogP contribution in [0.5, 0.6) is 0 Å². The van der Waals surface area contributed by atoms with Crippen LogP contribution < -0.4 is 4.90 Å². The Kier molecular flexibility index (Phi) is 3.34. The van der Waals surface area contributed by atoms with Crippen molar-refractivity contribution in [3.8, 4) is 0 Å². The maximum Gasteiger partial charge on any atom is 0.251 e. The van der Waals surface area contributed by atoms with Gasteiger partial charge >= 0.3 is 0 Å².